The molecule has 0 radical (unpaired) electrons. The van der Waals surface area contributed by atoms with E-state index in [4.69, 9.17) is 14.0 Å². The number of carbonyl (C=O) groups excluding carboxylic acids is 1. The van der Waals surface area contributed by atoms with Crippen LogP contribution in [-0.4, -0.2) is 32.6 Å². The van der Waals surface area contributed by atoms with E-state index < -0.39 is 0 Å². The molecule has 9 nitrogen and oxygen atoms in total. The number of pyridine rings is 2. The highest BCUT2D eigenvalue weighted by molar-refractivity contribution is 5.76. The van der Waals surface area contributed by atoms with E-state index in [-0.39, 0.29) is 12.3 Å². The minimum atomic E-state index is -0.121. The summed E-state index contributed by atoms with van der Waals surface area (Å²) in [4.78, 5) is 24.8. The van der Waals surface area contributed by atoms with Gasteiger partial charge in [-0.3, -0.25) is 9.78 Å². The Bertz CT molecular complexity index is 1180. The van der Waals surface area contributed by atoms with Crippen LogP contribution in [0.2, 0.25) is 0 Å². The molecule has 0 unspecified atom stereocenters. The van der Waals surface area contributed by atoms with Gasteiger partial charge in [-0.2, -0.15) is 4.98 Å². The first kappa shape index (κ1) is 21.9. The monoisotopic (exact) mass is 445 g/mol. The highest BCUT2D eigenvalue weighted by atomic mass is 16.5. The molecule has 3 aromatic heterocycles. The number of benzene rings is 1. The SMILES string of the molecule is CCOc1ccccc1Oc1ccc(CNC(=O)CCc2nc(-c3ccncc3)no2)cn1. The zero-order valence-electron chi connectivity index (χ0n) is 18.1. The van der Waals surface area contributed by atoms with Crippen molar-refractivity contribution in [2.24, 2.45) is 0 Å². The van der Waals surface area contributed by atoms with Gasteiger partial charge < -0.3 is 19.3 Å². The Balaban J connectivity index is 1.24. The number of nitrogens with one attached hydrogen (secondary N) is 1. The normalized spacial score (nSPS) is 10.6. The number of amides is 1. The van der Waals surface area contributed by atoms with E-state index in [9.17, 15) is 4.79 Å². The van der Waals surface area contributed by atoms with E-state index in [0.29, 0.717) is 48.7 Å². The molecule has 1 aromatic carbocycles. The number of ether oxygens (including phenoxy) is 2. The molecule has 0 aliphatic rings. The van der Waals surface area contributed by atoms with Crippen molar-refractivity contribution in [2.45, 2.75) is 26.3 Å². The van der Waals surface area contributed by atoms with Gasteiger partial charge in [0.15, 0.2) is 11.5 Å². The van der Waals surface area contributed by atoms with E-state index >= 15 is 0 Å². The smallest absolute Gasteiger partial charge is 0.227 e. The molecule has 4 rings (SSSR count). The number of nitrogens with zero attached hydrogens (tertiary/aromatic N) is 4. The molecule has 4 aromatic rings. The van der Waals surface area contributed by atoms with Crippen molar-refractivity contribution in [3.8, 4) is 28.8 Å². The number of hydrogen-bond donors (Lipinski definition) is 1. The fourth-order valence-electron chi connectivity index (χ4n) is 2.98. The zero-order chi connectivity index (χ0) is 22.9. The molecule has 0 spiro atoms. The van der Waals surface area contributed by atoms with Gasteiger partial charge in [0.1, 0.15) is 0 Å². The number of para-hydroxylation sites is 2. The summed E-state index contributed by atoms with van der Waals surface area (Å²) in [6.07, 6.45) is 5.57. The Kier molecular flexibility index (Phi) is 7.22. The van der Waals surface area contributed by atoms with E-state index in [2.05, 4.69) is 25.4 Å². The third-order valence-electron chi connectivity index (χ3n) is 4.62. The Morgan fingerprint density at radius 3 is 2.64 bits per heavy atom. The Morgan fingerprint density at radius 2 is 1.88 bits per heavy atom. The van der Waals surface area contributed by atoms with Crippen LogP contribution in [0.3, 0.4) is 0 Å². The summed E-state index contributed by atoms with van der Waals surface area (Å²) in [5.74, 6) is 2.47. The van der Waals surface area contributed by atoms with Gasteiger partial charge in [-0.15, -0.1) is 0 Å². The van der Waals surface area contributed by atoms with Crippen molar-refractivity contribution in [3.05, 3.63) is 78.6 Å². The van der Waals surface area contributed by atoms with E-state index in [1.54, 1.807) is 36.8 Å². The molecule has 1 N–H and O–H groups in total. The molecular formula is C24H23N5O4. The molecule has 0 bridgehead atoms. The molecule has 168 valence electrons. The van der Waals surface area contributed by atoms with Gasteiger partial charge in [0.25, 0.3) is 0 Å². The minimum absolute atomic E-state index is 0.121. The average molecular weight is 445 g/mol. The third-order valence-corrected chi connectivity index (χ3v) is 4.62. The van der Waals surface area contributed by atoms with Crippen LogP contribution in [0.4, 0.5) is 0 Å². The number of carbonyl (C=O) groups is 1. The second kappa shape index (κ2) is 10.9. The summed E-state index contributed by atoms with van der Waals surface area (Å²) >= 11 is 0. The van der Waals surface area contributed by atoms with Gasteiger partial charge in [-0.05, 0) is 36.8 Å². The van der Waals surface area contributed by atoms with Crippen LogP contribution < -0.4 is 14.8 Å². The van der Waals surface area contributed by atoms with Crippen molar-refractivity contribution in [2.75, 3.05) is 6.61 Å². The van der Waals surface area contributed by atoms with Gasteiger partial charge in [0, 0.05) is 49.6 Å². The molecule has 0 atom stereocenters. The maximum atomic E-state index is 12.2. The van der Waals surface area contributed by atoms with Crippen LogP contribution in [0.5, 0.6) is 17.4 Å². The van der Waals surface area contributed by atoms with Crippen LogP contribution in [0.25, 0.3) is 11.4 Å². The largest absolute Gasteiger partial charge is 0.490 e. The first-order valence-corrected chi connectivity index (χ1v) is 10.6. The molecule has 0 aliphatic heterocycles. The predicted octanol–water partition coefficient (Wildman–Crippen LogP) is 3.97. The quantitative estimate of drug-likeness (QED) is 0.390. The van der Waals surface area contributed by atoms with Crippen LogP contribution in [-0.2, 0) is 17.8 Å². The lowest BCUT2D eigenvalue weighted by Gasteiger charge is -2.11. The lowest BCUT2D eigenvalue weighted by atomic mass is 10.2. The summed E-state index contributed by atoms with van der Waals surface area (Å²) in [5.41, 5.74) is 1.66. The third kappa shape index (κ3) is 6.13. The number of rotatable bonds is 10. The maximum Gasteiger partial charge on any atom is 0.227 e. The molecule has 9 heteroatoms. The summed E-state index contributed by atoms with van der Waals surface area (Å²) in [5, 5.41) is 6.80. The van der Waals surface area contributed by atoms with Crippen LogP contribution in [0, 0.1) is 0 Å². The standard InChI is InChI=1S/C24H23N5O4/c1-2-31-19-5-3-4-6-20(19)32-22-9-7-17(16-27-22)15-26-21(30)8-10-23-28-24(29-33-23)18-11-13-25-14-12-18/h3-7,9,11-14,16H,2,8,10,15H2,1H3,(H,26,30). The van der Waals surface area contributed by atoms with Crippen molar-refractivity contribution >= 4 is 5.91 Å². The van der Waals surface area contributed by atoms with Crippen molar-refractivity contribution in [3.63, 3.8) is 0 Å². The Morgan fingerprint density at radius 1 is 1.06 bits per heavy atom. The molecule has 1 amide bonds. The molecule has 0 saturated carbocycles. The van der Waals surface area contributed by atoms with E-state index in [0.717, 1.165) is 11.1 Å². The fraction of sp³-hybridized carbons (Fsp3) is 0.208. The Labute approximate surface area is 190 Å². The first-order chi connectivity index (χ1) is 16.2. The highest BCUT2D eigenvalue weighted by Crippen LogP contribution is 2.30. The van der Waals surface area contributed by atoms with Crippen molar-refractivity contribution < 1.29 is 18.8 Å². The Hall–Kier alpha value is -4.27. The number of aromatic nitrogens is 4. The van der Waals surface area contributed by atoms with Crippen LogP contribution in [0.1, 0.15) is 24.8 Å². The highest BCUT2D eigenvalue weighted by Gasteiger charge is 2.11. The van der Waals surface area contributed by atoms with E-state index in [1.807, 2.05) is 37.3 Å². The second-order valence-electron chi connectivity index (χ2n) is 7.01. The van der Waals surface area contributed by atoms with Gasteiger partial charge in [0.2, 0.25) is 23.5 Å². The average Bonchev–Trinajstić information content (AvgIpc) is 3.33. The lowest BCUT2D eigenvalue weighted by Crippen LogP contribution is -2.23. The minimum Gasteiger partial charge on any atom is -0.490 e. The molecule has 33 heavy (non-hydrogen) atoms. The molecule has 0 fully saturated rings. The summed E-state index contributed by atoms with van der Waals surface area (Å²) in [6.45, 7) is 2.82. The summed E-state index contributed by atoms with van der Waals surface area (Å²) < 4.78 is 16.6. The topological polar surface area (TPSA) is 112 Å². The summed E-state index contributed by atoms with van der Waals surface area (Å²) in [7, 11) is 0. The molecule has 3 heterocycles. The molecule has 0 saturated heterocycles. The van der Waals surface area contributed by atoms with Gasteiger partial charge >= 0.3 is 0 Å². The van der Waals surface area contributed by atoms with Crippen LogP contribution >= 0.6 is 0 Å². The zero-order valence-corrected chi connectivity index (χ0v) is 18.1. The van der Waals surface area contributed by atoms with Crippen molar-refractivity contribution in [1.29, 1.82) is 0 Å². The van der Waals surface area contributed by atoms with Gasteiger partial charge in [-0.25, -0.2) is 4.98 Å². The fourth-order valence-corrected chi connectivity index (χ4v) is 2.98. The van der Waals surface area contributed by atoms with Gasteiger partial charge in [-0.1, -0.05) is 23.4 Å². The number of aryl methyl sites for hydroxylation is 1. The van der Waals surface area contributed by atoms with E-state index in [1.165, 1.54) is 0 Å². The molecule has 0 aliphatic carbocycles. The predicted molar refractivity (Wildman–Crippen MR) is 120 cm³/mol. The summed E-state index contributed by atoms with van der Waals surface area (Å²) in [6, 6.07) is 14.6. The van der Waals surface area contributed by atoms with Gasteiger partial charge in [0.05, 0.1) is 6.61 Å². The molecular weight excluding hydrogens is 422 g/mol. The first-order valence-electron chi connectivity index (χ1n) is 10.6. The van der Waals surface area contributed by atoms with Crippen molar-refractivity contribution in [1.82, 2.24) is 25.4 Å². The second-order valence-corrected chi connectivity index (χ2v) is 7.01. The van der Waals surface area contributed by atoms with Crippen LogP contribution in [0.15, 0.2) is 71.6 Å². The number of hydrogen-bond acceptors (Lipinski definition) is 8. The lowest BCUT2D eigenvalue weighted by molar-refractivity contribution is -0.121. The maximum absolute atomic E-state index is 12.2.